The lowest BCUT2D eigenvalue weighted by Crippen LogP contribution is -2.31. The van der Waals surface area contributed by atoms with Crippen molar-refractivity contribution < 1.29 is 4.74 Å². The molecule has 0 bridgehead atoms. The Bertz CT molecular complexity index is 1260. The minimum Gasteiger partial charge on any atom is -0.481 e. The predicted molar refractivity (Wildman–Crippen MR) is 129 cm³/mol. The van der Waals surface area contributed by atoms with Crippen LogP contribution in [0.3, 0.4) is 0 Å². The summed E-state index contributed by atoms with van der Waals surface area (Å²) in [6.07, 6.45) is 6.23. The Balaban J connectivity index is 1.41. The van der Waals surface area contributed by atoms with E-state index < -0.39 is 0 Å². The Morgan fingerprint density at radius 3 is 2.73 bits per heavy atom. The van der Waals surface area contributed by atoms with Gasteiger partial charge in [0.25, 0.3) is 0 Å². The summed E-state index contributed by atoms with van der Waals surface area (Å²) in [6.45, 7) is 4.35. The molecule has 4 heterocycles. The van der Waals surface area contributed by atoms with E-state index in [1.807, 2.05) is 43.6 Å². The molecule has 0 saturated heterocycles. The highest BCUT2D eigenvalue weighted by Crippen LogP contribution is 2.31. The van der Waals surface area contributed by atoms with Gasteiger partial charge in [0, 0.05) is 48.9 Å². The Morgan fingerprint density at radius 1 is 1.03 bits per heavy atom. The number of fused-ring (bicyclic) bond motifs is 1. The van der Waals surface area contributed by atoms with Crippen LogP contribution in [0.4, 0.5) is 11.5 Å². The summed E-state index contributed by atoms with van der Waals surface area (Å²) in [7, 11) is 1.65. The Labute approximate surface area is 193 Å². The van der Waals surface area contributed by atoms with Gasteiger partial charge in [0.05, 0.1) is 30.4 Å². The van der Waals surface area contributed by atoms with Crippen molar-refractivity contribution in [3.05, 3.63) is 89.6 Å². The van der Waals surface area contributed by atoms with Crippen molar-refractivity contribution in [3.8, 4) is 17.1 Å². The van der Waals surface area contributed by atoms with Gasteiger partial charge in [0.2, 0.25) is 5.88 Å². The number of hydrogen-bond acceptors (Lipinski definition) is 7. The molecule has 0 aliphatic carbocycles. The van der Waals surface area contributed by atoms with Gasteiger partial charge in [-0.2, -0.15) is 0 Å². The number of anilines is 2. The summed E-state index contributed by atoms with van der Waals surface area (Å²) < 4.78 is 5.32. The van der Waals surface area contributed by atoms with Crippen molar-refractivity contribution in [2.24, 2.45) is 0 Å². The highest BCUT2D eigenvalue weighted by atomic mass is 16.5. The maximum absolute atomic E-state index is 5.32. The topological polar surface area (TPSA) is 76.1 Å². The number of ether oxygens (including phenoxy) is 1. The predicted octanol–water partition coefficient (Wildman–Crippen LogP) is 4.43. The summed E-state index contributed by atoms with van der Waals surface area (Å²) in [5.74, 6) is 1.49. The van der Waals surface area contributed by atoms with Crippen molar-refractivity contribution in [2.45, 2.75) is 26.4 Å². The van der Waals surface area contributed by atoms with Crippen LogP contribution in [0.2, 0.25) is 0 Å². The molecule has 0 fully saturated rings. The Hall–Kier alpha value is -4.00. The smallest absolute Gasteiger partial charge is 0.216 e. The molecule has 7 nitrogen and oxygen atoms in total. The highest BCUT2D eigenvalue weighted by molar-refractivity contribution is 5.68. The van der Waals surface area contributed by atoms with Crippen LogP contribution >= 0.6 is 0 Å². The van der Waals surface area contributed by atoms with Crippen molar-refractivity contribution in [3.63, 3.8) is 0 Å². The average molecular weight is 439 g/mol. The molecule has 5 rings (SSSR count). The van der Waals surface area contributed by atoms with Crippen LogP contribution in [0.15, 0.2) is 67.3 Å². The lowest BCUT2D eigenvalue weighted by molar-refractivity contribution is 0.394. The SMILES string of the molecule is COc1ncc(N2CCc3ncnc(-c4ccnc(NCc5ccccc5)c4)c3C2)cc1C. The first-order chi connectivity index (χ1) is 16.2. The number of benzene rings is 1. The van der Waals surface area contributed by atoms with Crippen LogP contribution < -0.4 is 15.0 Å². The molecule has 0 radical (unpaired) electrons. The molecular formula is C26H26N6O. The molecule has 33 heavy (non-hydrogen) atoms. The zero-order valence-corrected chi connectivity index (χ0v) is 18.8. The van der Waals surface area contributed by atoms with Gasteiger partial charge in [0.15, 0.2) is 0 Å². The number of nitrogens with one attached hydrogen (secondary N) is 1. The lowest BCUT2D eigenvalue weighted by Gasteiger charge is -2.31. The van der Waals surface area contributed by atoms with Crippen molar-refractivity contribution in [1.82, 2.24) is 19.9 Å². The summed E-state index contributed by atoms with van der Waals surface area (Å²) in [6, 6.07) is 16.5. The van der Waals surface area contributed by atoms with E-state index in [4.69, 9.17) is 4.74 Å². The third-order valence-electron chi connectivity index (χ3n) is 5.93. The van der Waals surface area contributed by atoms with E-state index in [9.17, 15) is 0 Å². The third kappa shape index (κ3) is 4.48. The summed E-state index contributed by atoms with van der Waals surface area (Å²) >= 11 is 0. The second-order valence-corrected chi connectivity index (χ2v) is 8.11. The van der Waals surface area contributed by atoms with Gasteiger partial charge in [-0.1, -0.05) is 30.3 Å². The first-order valence-electron chi connectivity index (χ1n) is 11.0. The Morgan fingerprint density at radius 2 is 1.91 bits per heavy atom. The summed E-state index contributed by atoms with van der Waals surface area (Å²) in [5.41, 5.74) is 7.55. The second-order valence-electron chi connectivity index (χ2n) is 8.11. The molecule has 1 aromatic carbocycles. The van der Waals surface area contributed by atoms with E-state index >= 15 is 0 Å². The van der Waals surface area contributed by atoms with E-state index in [0.29, 0.717) is 5.88 Å². The number of pyridine rings is 2. The van der Waals surface area contributed by atoms with E-state index in [-0.39, 0.29) is 0 Å². The van der Waals surface area contributed by atoms with Gasteiger partial charge in [-0.15, -0.1) is 0 Å². The molecule has 7 heteroatoms. The molecule has 3 aromatic heterocycles. The van der Waals surface area contributed by atoms with Crippen LogP contribution in [0.1, 0.15) is 22.4 Å². The normalized spacial score (nSPS) is 12.8. The van der Waals surface area contributed by atoms with Gasteiger partial charge in [0.1, 0.15) is 12.1 Å². The lowest BCUT2D eigenvalue weighted by atomic mass is 9.99. The summed E-state index contributed by atoms with van der Waals surface area (Å²) in [5, 5.41) is 3.42. The molecule has 1 N–H and O–H groups in total. The van der Waals surface area contributed by atoms with Crippen LogP contribution in [0.5, 0.6) is 5.88 Å². The number of methoxy groups -OCH3 is 1. The molecule has 0 spiro atoms. The van der Waals surface area contributed by atoms with Gasteiger partial charge in [-0.3, -0.25) is 0 Å². The molecule has 0 amide bonds. The van der Waals surface area contributed by atoms with Crippen LogP contribution in [-0.4, -0.2) is 33.6 Å². The second kappa shape index (κ2) is 9.24. The highest BCUT2D eigenvalue weighted by Gasteiger charge is 2.23. The standard InChI is InChI=1S/C26H26N6O/c1-18-12-21(15-29-26(18)33-2)32-11-9-23-22(16-32)25(31-17-30-23)20-8-10-27-24(13-20)28-14-19-6-4-3-5-7-19/h3-8,10,12-13,15,17H,9,11,14,16H2,1-2H3,(H,27,28). The fraction of sp³-hybridized carbons (Fsp3) is 0.231. The maximum Gasteiger partial charge on any atom is 0.216 e. The quantitative estimate of drug-likeness (QED) is 0.477. The molecular weight excluding hydrogens is 412 g/mol. The van der Waals surface area contributed by atoms with Crippen LogP contribution in [0, 0.1) is 6.92 Å². The van der Waals surface area contributed by atoms with E-state index in [0.717, 1.165) is 65.6 Å². The first-order valence-corrected chi connectivity index (χ1v) is 11.0. The fourth-order valence-corrected chi connectivity index (χ4v) is 4.21. The molecule has 1 aliphatic heterocycles. The number of hydrogen-bond donors (Lipinski definition) is 1. The number of rotatable bonds is 6. The molecule has 0 saturated carbocycles. The molecule has 4 aromatic rings. The van der Waals surface area contributed by atoms with Crippen molar-refractivity contribution in [1.29, 1.82) is 0 Å². The molecule has 0 unspecified atom stereocenters. The fourth-order valence-electron chi connectivity index (χ4n) is 4.21. The zero-order valence-electron chi connectivity index (χ0n) is 18.8. The number of aryl methyl sites for hydroxylation is 1. The van der Waals surface area contributed by atoms with E-state index in [2.05, 4.69) is 54.4 Å². The monoisotopic (exact) mass is 438 g/mol. The summed E-state index contributed by atoms with van der Waals surface area (Å²) in [4.78, 5) is 20.5. The third-order valence-corrected chi connectivity index (χ3v) is 5.93. The van der Waals surface area contributed by atoms with Gasteiger partial charge < -0.3 is 15.0 Å². The largest absolute Gasteiger partial charge is 0.481 e. The molecule has 0 atom stereocenters. The number of nitrogens with zero attached hydrogens (tertiary/aromatic N) is 5. The number of aromatic nitrogens is 4. The molecule has 166 valence electrons. The van der Waals surface area contributed by atoms with E-state index in [1.54, 1.807) is 13.4 Å². The minimum absolute atomic E-state index is 0.660. The van der Waals surface area contributed by atoms with Crippen molar-refractivity contribution >= 4 is 11.5 Å². The average Bonchev–Trinajstić information content (AvgIpc) is 2.87. The van der Waals surface area contributed by atoms with Crippen LogP contribution in [-0.2, 0) is 19.5 Å². The van der Waals surface area contributed by atoms with Crippen molar-refractivity contribution in [2.75, 3.05) is 23.9 Å². The first kappa shape index (κ1) is 20.9. The van der Waals surface area contributed by atoms with Gasteiger partial charge >= 0.3 is 0 Å². The maximum atomic E-state index is 5.32. The van der Waals surface area contributed by atoms with Crippen LogP contribution in [0.25, 0.3) is 11.3 Å². The van der Waals surface area contributed by atoms with Gasteiger partial charge in [-0.25, -0.2) is 19.9 Å². The van der Waals surface area contributed by atoms with Gasteiger partial charge in [-0.05, 0) is 30.7 Å². The Kier molecular flexibility index (Phi) is 5.85. The van der Waals surface area contributed by atoms with E-state index in [1.165, 1.54) is 5.56 Å². The zero-order chi connectivity index (χ0) is 22.6. The molecule has 1 aliphatic rings. The minimum atomic E-state index is 0.660.